The minimum absolute atomic E-state index is 0.296. The Kier molecular flexibility index (Phi) is 8.51. The first-order chi connectivity index (χ1) is 18.7. The highest BCUT2D eigenvalue weighted by Gasteiger charge is 2.43. The van der Waals surface area contributed by atoms with Crippen LogP contribution in [0.15, 0.2) is 24.3 Å². The van der Waals surface area contributed by atoms with E-state index in [0.717, 1.165) is 43.2 Å². The third-order valence-corrected chi connectivity index (χ3v) is 10.4. The fourth-order valence-electron chi connectivity index (χ4n) is 8.65. The quantitative estimate of drug-likeness (QED) is 0.395. The first-order valence-corrected chi connectivity index (χ1v) is 16.2. The molecule has 1 saturated carbocycles. The van der Waals surface area contributed by atoms with Gasteiger partial charge in [-0.2, -0.15) is 0 Å². The van der Waals surface area contributed by atoms with Crippen LogP contribution in [0, 0.1) is 0 Å². The number of rotatable bonds is 6. The molecular weight excluding hydrogens is 468 g/mol. The monoisotopic (exact) mass is 518 g/mol. The van der Waals surface area contributed by atoms with Crippen molar-refractivity contribution < 1.29 is 4.79 Å². The topological polar surface area (TPSA) is 41.4 Å². The molecule has 1 aliphatic carbocycles. The number of nitrogens with zero attached hydrogens (tertiary/aromatic N) is 4. The van der Waals surface area contributed by atoms with Gasteiger partial charge in [-0.25, -0.2) is 4.98 Å². The number of hydrogen-bond donors (Lipinski definition) is 0. The number of carbonyl (C=O) groups is 1. The molecule has 0 spiro atoms. The highest BCUT2D eigenvalue weighted by molar-refractivity contribution is 5.76. The summed E-state index contributed by atoms with van der Waals surface area (Å²) < 4.78 is 2.70. The van der Waals surface area contributed by atoms with E-state index in [2.05, 4.69) is 38.6 Å². The number of carbonyl (C=O) groups excluding carboxylic acids is 1. The molecule has 1 aromatic heterocycles. The molecule has 5 nitrogen and oxygen atoms in total. The van der Waals surface area contributed by atoms with Crippen molar-refractivity contribution >= 4 is 16.8 Å². The molecule has 5 heteroatoms. The third kappa shape index (κ3) is 5.61. The van der Waals surface area contributed by atoms with Crippen molar-refractivity contribution in [2.75, 3.05) is 13.1 Å². The predicted molar refractivity (Wildman–Crippen MR) is 155 cm³/mol. The van der Waals surface area contributed by atoms with Gasteiger partial charge in [-0.1, -0.05) is 63.5 Å². The predicted octanol–water partition coefficient (Wildman–Crippen LogP) is 7.60. The minimum atomic E-state index is 0.296. The average molecular weight is 519 g/mol. The fraction of sp³-hybridized carbons (Fsp3) is 0.758. The van der Waals surface area contributed by atoms with Crippen molar-refractivity contribution in [2.45, 2.75) is 146 Å². The summed E-state index contributed by atoms with van der Waals surface area (Å²) in [6.45, 7) is 3.69. The Morgan fingerprint density at radius 2 is 1.45 bits per heavy atom. The van der Waals surface area contributed by atoms with Crippen LogP contribution in [-0.2, 0) is 4.79 Å². The lowest BCUT2D eigenvalue weighted by atomic mass is 9.79. The number of benzene rings is 1. The lowest BCUT2D eigenvalue weighted by molar-refractivity contribution is -0.117. The molecule has 2 bridgehead atoms. The van der Waals surface area contributed by atoms with Crippen LogP contribution in [0.4, 0.5) is 0 Å². The normalized spacial score (nSPS) is 30.6. The van der Waals surface area contributed by atoms with Gasteiger partial charge in [0, 0.05) is 37.1 Å². The molecule has 0 amide bonds. The number of hydrogen-bond acceptors (Lipinski definition) is 4. The summed E-state index contributed by atoms with van der Waals surface area (Å²) >= 11 is 0. The summed E-state index contributed by atoms with van der Waals surface area (Å²) in [6.07, 6.45) is 22.7. The van der Waals surface area contributed by atoms with Gasteiger partial charge in [0.2, 0.25) is 0 Å². The van der Waals surface area contributed by atoms with Gasteiger partial charge in [-0.3, -0.25) is 14.6 Å². The van der Waals surface area contributed by atoms with E-state index in [0.29, 0.717) is 24.3 Å². The van der Waals surface area contributed by atoms with E-state index < -0.39 is 0 Å². The minimum Gasteiger partial charge on any atom is -0.323 e. The van der Waals surface area contributed by atoms with Crippen LogP contribution in [0.5, 0.6) is 0 Å². The van der Waals surface area contributed by atoms with Crippen molar-refractivity contribution in [1.82, 2.24) is 19.4 Å². The summed E-state index contributed by atoms with van der Waals surface area (Å²) in [5, 5.41) is 0. The van der Waals surface area contributed by atoms with Crippen LogP contribution in [0.25, 0.3) is 11.0 Å². The number of Topliss-reactive ketones (excluding diaryl/α,β-unsaturated/α-hetero) is 1. The Hall–Kier alpha value is -1.72. The number of fused-ring (bicyclic) bond motifs is 3. The Balaban J connectivity index is 1.27. The zero-order valence-corrected chi connectivity index (χ0v) is 23.8. The van der Waals surface area contributed by atoms with Gasteiger partial charge in [0.05, 0.1) is 17.1 Å². The second kappa shape index (κ2) is 12.2. The third-order valence-electron chi connectivity index (χ3n) is 10.4. The molecule has 4 atom stereocenters. The molecule has 3 aliphatic heterocycles. The summed E-state index contributed by atoms with van der Waals surface area (Å²) in [5.41, 5.74) is 2.48. The Morgan fingerprint density at radius 1 is 0.789 bits per heavy atom. The Bertz CT molecular complexity index is 1050. The van der Waals surface area contributed by atoms with E-state index in [1.807, 2.05) is 0 Å². The smallest absolute Gasteiger partial charge is 0.131 e. The molecule has 3 saturated heterocycles. The van der Waals surface area contributed by atoms with Crippen molar-refractivity contribution in [3.8, 4) is 0 Å². The van der Waals surface area contributed by atoms with E-state index in [-0.39, 0.29) is 0 Å². The number of ketones is 1. The molecule has 4 heterocycles. The van der Waals surface area contributed by atoms with Crippen LogP contribution < -0.4 is 0 Å². The summed E-state index contributed by atoms with van der Waals surface area (Å²) in [6, 6.07) is 12.0. The largest absolute Gasteiger partial charge is 0.323 e. The summed E-state index contributed by atoms with van der Waals surface area (Å²) in [7, 11) is 0. The Morgan fingerprint density at radius 3 is 2.16 bits per heavy atom. The molecule has 208 valence electrons. The molecule has 4 fully saturated rings. The highest BCUT2D eigenvalue weighted by Crippen LogP contribution is 2.45. The maximum atomic E-state index is 11.8. The first kappa shape index (κ1) is 26.5. The van der Waals surface area contributed by atoms with E-state index in [1.165, 1.54) is 108 Å². The van der Waals surface area contributed by atoms with E-state index in [4.69, 9.17) is 4.98 Å². The van der Waals surface area contributed by atoms with Crippen molar-refractivity contribution in [3.63, 3.8) is 0 Å². The second-order valence-corrected chi connectivity index (χ2v) is 13.0. The zero-order chi connectivity index (χ0) is 25.9. The molecule has 1 aromatic carbocycles. The van der Waals surface area contributed by atoms with Gasteiger partial charge < -0.3 is 4.57 Å². The Labute approximate surface area is 230 Å². The standard InChI is InChI=1S/C33H50N4O/c1-25(38)20-22-35-21-12-19-32(35)33-34-30-17-9-10-18-31(30)37(33)29-23-27-15-11-16-28(24-29)36(27)26-13-7-5-3-2-4-6-8-14-26/h9-10,17-18,26-29,32H,2-8,11-16,19-24H2,1H3/t27-,28+,29+,32-/m1/s1. The lowest BCUT2D eigenvalue weighted by Gasteiger charge is -2.53. The zero-order valence-electron chi connectivity index (χ0n) is 23.8. The van der Waals surface area contributed by atoms with Gasteiger partial charge in [-0.15, -0.1) is 0 Å². The van der Waals surface area contributed by atoms with Crippen LogP contribution in [-0.4, -0.2) is 56.3 Å². The average Bonchev–Trinajstić information content (AvgIpc) is 3.54. The summed E-state index contributed by atoms with van der Waals surface area (Å²) in [4.78, 5) is 22.7. The number of aromatic nitrogens is 2. The number of piperidine rings is 2. The molecular formula is C33H50N4O. The SMILES string of the molecule is CC(=O)CCN1CCC[C@@H]1c1nc2ccccc2n1[C@H]1C[C@H]2CCC[C@@H](C1)N2C1CCCCCCCCC1. The second-order valence-electron chi connectivity index (χ2n) is 13.0. The molecule has 6 rings (SSSR count). The van der Waals surface area contributed by atoms with Crippen molar-refractivity contribution in [3.05, 3.63) is 30.1 Å². The fourth-order valence-corrected chi connectivity index (χ4v) is 8.65. The highest BCUT2D eigenvalue weighted by atomic mass is 16.1. The van der Waals surface area contributed by atoms with Gasteiger partial charge in [-0.05, 0) is 77.0 Å². The van der Waals surface area contributed by atoms with Gasteiger partial charge in [0.1, 0.15) is 11.6 Å². The van der Waals surface area contributed by atoms with Gasteiger partial charge in [0.15, 0.2) is 0 Å². The number of likely N-dealkylation sites (tertiary alicyclic amines) is 1. The summed E-state index contributed by atoms with van der Waals surface area (Å²) in [5.74, 6) is 1.58. The van der Waals surface area contributed by atoms with E-state index in [1.54, 1.807) is 6.92 Å². The molecule has 0 unspecified atom stereocenters. The lowest BCUT2D eigenvalue weighted by Crippen LogP contribution is -2.56. The van der Waals surface area contributed by atoms with Crippen LogP contribution >= 0.6 is 0 Å². The van der Waals surface area contributed by atoms with Crippen LogP contribution in [0.3, 0.4) is 0 Å². The van der Waals surface area contributed by atoms with E-state index >= 15 is 0 Å². The molecule has 2 aromatic rings. The van der Waals surface area contributed by atoms with Gasteiger partial charge in [0.25, 0.3) is 0 Å². The maximum absolute atomic E-state index is 11.8. The maximum Gasteiger partial charge on any atom is 0.131 e. The molecule has 38 heavy (non-hydrogen) atoms. The molecule has 0 N–H and O–H groups in total. The van der Waals surface area contributed by atoms with Crippen molar-refractivity contribution in [2.24, 2.45) is 0 Å². The molecule has 0 radical (unpaired) electrons. The van der Waals surface area contributed by atoms with Gasteiger partial charge >= 0.3 is 0 Å². The van der Waals surface area contributed by atoms with Crippen LogP contribution in [0.2, 0.25) is 0 Å². The first-order valence-electron chi connectivity index (χ1n) is 16.2. The van der Waals surface area contributed by atoms with Crippen LogP contribution in [0.1, 0.15) is 134 Å². The van der Waals surface area contributed by atoms with Crippen molar-refractivity contribution in [1.29, 1.82) is 0 Å². The molecule has 4 aliphatic rings. The number of para-hydroxylation sites is 2. The van der Waals surface area contributed by atoms with E-state index in [9.17, 15) is 4.79 Å². The number of imidazole rings is 1.